The number of fused-ring (bicyclic) bond motifs is 2. The topological polar surface area (TPSA) is 233 Å². The van der Waals surface area contributed by atoms with Crippen LogP contribution in [0.25, 0.3) is 21.8 Å². The number of phenols is 1. The number of benzene rings is 4. The molecular formula is C47H41N11O6S2. The normalized spacial score (nSPS) is 10.6. The lowest BCUT2D eigenvalue weighted by Gasteiger charge is -2.18. The summed E-state index contributed by atoms with van der Waals surface area (Å²) >= 11 is 2.67. The molecule has 0 saturated carbocycles. The van der Waals surface area contributed by atoms with Gasteiger partial charge in [-0.1, -0.05) is 13.8 Å². The molecule has 0 unspecified atom stereocenters. The van der Waals surface area contributed by atoms with E-state index in [0.717, 1.165) is 26.1 Å². The smallest absolute Gasteiger partial charge is 0.325 e. The van der Waals surface area contributed by atoms with Gasteiger partial charge >= 0.3 is 12.1 Å². The summed E-state index contributed by atoms with van der Waals surface area (Å²) in [7, 11) is 0. The number of carbonyl (C=O) groups is 2. The maximum absolute atomic E-state index is 12.1. The molecule has 0 aliphatic carbocycles. The molecule has 4 aromatic carbocycles. The van der Waals surface area contributed by atoms with Gasteiger partial charge in [-0.2, -0.15) is 10.5 Å². The van der Waals surface area contributed by atoms with Crippen molar-refractivity contribution in [3.63, 3.8) is 0 Å². The highest BCUT2D eigenvalue weighted by molar-refractivity contribution is 7.14. The number of hydrogen-bond acceptors (Lipinski definition) is 15. The first-order chi connectivity index (χ1) is 32.2. The lowest BCUT2D eigenvalue weighted by atomic mass is 10.1. The third-order valence-electron chi connectivity index (χ3n) is 9.62. The molecule has 4 aromatic heterocycles. The molecule has 5 N–H and O–H groups in total. The number of hydrogen-bond donors (Lipinski definition) is 5. The van der Waals surface area contributed by atoms with Gasteiger partial charge in [0, 0.05) is 76.4 Å². The molecule has 4 amide bonds. The summed E-state index contributed by atoms with van der Waals surface area (Å²) in [4.78, 5) is 43.0. The SMILES string of the molecule is CCN(CC)CCCOc1cc2nccc(Oc3ccc(NC(=O)Nc4nccs4)cc3)c2cc1C#N.N#Cc1cc2c(Oc3ccc(NC(=O)Nc4nccs4)cc3)ccnc2cc1O. The second-order valence-electron chi connectivity index (χ2n) is 13.9. The molecular weight excluding hydrogens is 879 g/mol. The lowest BCUT2D eigenvalue weighted by Crippen LogP contribution is -2.25. The zero-order valence-corrected chi connectivity index (χ0v) is 37.2. The van der Waals surface area contributed by atoms with Crippen LogP contribution in [-0.4, -0.2) is 68.2 Å². The second kappa shape index (κ2) is 22.3. The van der Waals surface area contributed by atoms with E-state index in [-0.39, 0.29) is 17.3 Å². The Kier molecular flexibility index (Phi) is 15.4. The van der Waals surface area contributed by atoms with Crippen LogP contribution in [0.4, 0.5) is 31.2 Å². The van der Waals surface area contributed by atoms with E-state index < -0.39 is 6.03 Å². The Bertz CT molecular complexity index is 2990. The van der Waals surface area contributed by atoms with Crippen LogP contribution in [0.5, 0.6) is 34.5 Å². The molecule has 8 rings (SSSR count). The van der Waals surface area contributed by atoms with Crippen LogP contribution >= 0.6 is 22.7 Å². The van der Waals surface area contributed by atoms with E-state index >= 15 is 0 Å². The number of thiazole rings is 2. The molecule has 66 heavy (non-hydrogen) atoms. The summed E-state index contributed by atoms with van der Waals surface area (Å²) in [6.45, 7) is 7.76. The fraction of sp³-hybridized carbons (Fsp3) is 0.149. The number of rotatable bonds is 15. The van der Waals surface area contributed by atoms with Gasteiger partial charge in [0.1, 0.15) is 46.6 Å². The predicted molar refractivity (Wildman–Crippen MR) is 255 cm³/mol. The highest BCUT2D eigenvalue weighted by atomic mass is 32.1. The molecule has 0 radical (unpaired) electrons. The number of nitrogens with zero attached hydrogens (tertiary/aromatic N) is 7. The number of aromatic hydroxyl groups is 1. The number of ether oxygens (including phenoxy) is 3. The first-order valence-corrected chi connectivity index (χ1v) is 22.2. The number of urea groups is 2. The van der Waals surface area contributed by atoms with Crippen LogP contribution in [-0.2, 0) is 0 Å². The van der Waals surface area contributed by atoms with Crippen molar-refractivity contribution in [2.75, 3.05) is 47.5 Å². The molecule has 19 heteroatoms. The van der Waals surface area contributed by atoms with Crippen LogP contribution in [0.1, 0.15) is 31.4 Å². The highest BCUT2D eigenvalue weighted by Crippen LogP contribution is 2.35. The number of carbonyl (C=O) groups excluding carboxylic acids is 2. The van der Waals surface area contributed by atoms with Gasteiger partial charge in [-0.3, -0.25) is 20.6 Å². The van der Waals surface area contributed by atoms with E-state index in [1.165, 1.54) is 34.8 Å². The fourth-order valence-corrected chi connectivity index (χ4v) is 7.39. The lowest BCUT2D eigenvalue weighted by molar-refractivity contribution is 0.249. The van der Waals surface area contributed by atoms with E-state index in [4.69, 9.17) is 19.5 Å². The molecule has 8 aromatic rings. The van der Waals surface area contributed by atoms with Crippen LogP contribution in [0.15, 0.2) is 120 Å². The second-order valence-corrected chi connectivity index (χ2v) is 15.7. The summed E-state index contributed by atoms with van der Waals surface area (Å²) in [5.41, 5.74) is 2.95. The molecule has 0 aliphatic heterocycles. The predicted octanol–water partition coefficient (Wildman–Crippen LogP) is 10.8. The van der Waals surface area contributed by atoms with Crippen molar-refractivity contribution in [1.29, 1.82) is 10.5 Å². The number of nitrogens with one attached hydrogen (secondary N) is 4. The standard InChI is InChI=1S/C27H28N6O3S.C20H13N5O3S/c1-3-33(4-2)13-5-14-35-25-17-23-22(16-19(25)18-28)24(10-11-29-23)36-21-8-6-20(7-9-21)31-26(34)32-27-30-12-15-37-27;21-11-12-9-15-16(10-17(12)26)22-6-5-18(15)28-14-3-1-13(2-4-14)24-19(27)25-20-23-7-8-29-20/h6-12,15-17H,3-5,13-14H2,1-2H3,(H2,30,31,32,34);1-10,26H,(H2,23,24,25,27). The minimum Gasteiger partial charge on any atom is -0.506 e. The average molecular weight is 920 g/mol. The number of amides is 4. The maximum atomic E-state index is 12.1. The summed E-state index contributed by atoms with van der Waals surface area (Å²) in [6, 6.07) is 27.1. The van der Waals surface area contributed by atoms with Gasteiger partial charge < -0.3 is 34.9 Å². The zero-order valence-electron chi connectivity index (χ0n) is 35.5. The van der Waals surface area contributed by atoms with E-state index in [9.17, 15) is 20.0 Å². The first-order valence-electron chi connectivity index (χ1n) is 20.4. The molecule has 4 heterocycles. The molecule has 332 valence electrons. The minimum atomic E-state index is -0.391. The van der Waals surface area contributed by atoms with Crippen molar-refractivity contribution in [2.45, 2.75) is 20.3 Å². The average Bonchev–Trinajstić information content (AvgIpc) is 4.05. The van der Waals surface area contributed by atoms with Gasteiger partial charge in [-0.15, -0.1) is 22.7 Å². The number of aromatic nitrogens is 4. The van der Waals surface area contributed by atoms with E-state index in [1.807, 2.05) is 6.07 Å². The van der Waals surface area contributed by atoms with Crippen LogP contribution < -0.4 is 35.5 Å². The first kappa shape index (κ1) is 45.7. The van der Waals surface area contributed by atoms with E-state index in [1.54, 1.807) is 108 Å². The quantitative estimate of drug-likeness (QED) is 0.0603. The maximum Gasteiger partial charge on any atom is 0.325 e. The largest absolute Gasteiger partial charge is 0.506 e. The molecule has 0 spiro atoms. The Morgan fingerprint density at radius 3 is 1.61 bits per heavy atom. The molecule has 0 aliphatic rings. The van der Waals surface area contributed by atoms with Gasteiger partial charge in [0.05, 0.1) is 28.8 Å². The van der Waals surface area contributed by atoms with Crippen molar-refractivity contribution in [1.82, 2.24) is 24.8 Å². The van der Waals surface area contributed by atoms with Crippen LogP contribution in [0.2, 0.25) is 0 Å². The van der Waals surface area contributed by atoms with Crippen molar-refractivity contribution < 1.29 is 28.9 Å². The fourth-order valence-electron chi connectivity index (χ4n) is 6.35. The summed E-state index contributed by atoms with van der Waals surface area (Å²) in [6.07, 6.45) is 7.32. The number of phenolic OH excluding ortho intramolecular Hbond substituents is 1. The Labute approximate surface area is 386 Å². The van der Waals surface area contributed by atoms with Crippen LogP contribution in [0, 0.1) is 22.7 Å². The number of anilines is 4. The molecule has 0 fully saturated rings. The Morgan fingerprint density at radius 2 is 1.14 bits per heavy atom. The van der Waals surface area contributed by atoms with Crippen LogP contribution in [0.3, 0.4) is 0 Å². The Balaban J connectivity index is 0.000000202. The Morgan fingerprint density at radius 1 is 0.636 bits per heavy atom. The molecule has 0 atom stereocenters. The van der Waals surface area contributed by atoms with Gasteiger partial charge in [0.25, 0.3) is 0 Å². The van der Waals surface area contributed by atoms with Crippen molar-refractivity contribution in [3.05, 3.63) is 132 Å². The molecule has 0 bridgehead atoms. The van der Waals surface area contributed by atoms with Crippen molar-refractivity contribution >= 4 is 78.2 Å². The van der Waals surface area contributed by atoms with Gasteiger partial charge in [0.2, 0.25) is 0 Å². The highest BCUT2D eigenvalue weighted by Gasteiger charge is 2.14. The van der Waals surface area contributed by atoms with Gasteiger partial charge in [-0.25, -0.2) is 19.6 Å². The summed E-state index contributed by atoms with van der Waals surface area (Å²) in [5.74, 6) is 2.57. The third-order valence-corrected chi connectivity index (χ3v) is 11.0. The van der Waals surface area contributed by atoms with E-state index in [0.29, 0.717) is 84.4 Å². The monoisotopic (exact) mass is 919 g/mol. The van der Waals surface area contributed by atoms with Crippen molar-refractivity contribution in [2.24, 2.45) is 0 Å². The van der Waals surface area contributed by atoms with Gasteiger partial charge in [0.15, 0.2) is 10.3 Å². The molecule has 0 saturated heterocycles. The Hall–Kier alpha value is -8.36. The summed E-state index contributed by atoms with van der Waals surface area (Å²) in [5, 5.41) is 45.3. The third kappa shape index (κ3) is 12.2. The number of pyridine rings is 2. The van der Waals surface area contributed by atoms with E-state index in [2.05, 4.69) is 66.0 Å². The van der Waals surface area contributed by atoms with Crippen molar-refractivity contribution in [3.8, 4) is 46.6 Å². The van der Waals surface area contributed by atoms with Gasteiger partial charge in [-0.05, 0) is 92.3 Å². The minimum absolute atomic E-state index is 0.129. The molecule has 17 nitrogen and oxygen atoms in total. The number of nitriles is 2. The zero-order chi connectivity index (χ0) is 46.3. The summed E-state index contributed by atoms with van der Waals surface area (Å²) < 4.78 is 17.9.